The third-order valence-electron chi connectivity index (χ3n) is 2.87. The van der Waals surface area contributed by atoms with Crippen LogP contribution < -0.4 is 11.1 Å². The van der Waals surface area contributed by atoms with Gasteiger partial charge in [-0.1, -0.05) is 26.7 Å². The summed E-state index contributed by atoms with van der Waals surface area (Å²) in [5.41, 5.74) is 5.85. The van der Waals surface area contributed by atoms with Crippen molar-refractivity contribution >= 4 is 0 Å². The van der Waals surface area contributed by atoms with Crippen molar-refractivity contribution in [2.24, 2.45) is 11.7 Å². The van der Waals surface area contributed by atoms with Crippen LogP contribution in [-0.2, 0) is 0 Å². The van der Waals surface area contributed by atoms with Gasteiger partial charge in [0.15, 0.2) is 0 Å². The number of nitrogens with one attached hydrogen (secondary N) is 1. The largest absolute Gasteiger partial charge is 0.327 e. The van der Waals surface area contributed by atoms with Crippen molar-refractivity contribution in [3.63, 3.8) is 0 Å². The Hall–Kier alpha value is -0.0800. The lowest BCUT2D eigenvalue weighted by atomic mass is 9.87. The van der Waals surface area contributed by atoms with E-state index in [2.05, 4.69) is 19.2 Å². The zero-order valence-corrected chi connectivity index (χ0v) is 8.34. The van der Waals surface area contributed by atoms with Crippen LogP contribution in [0.15, 0.2) is 0 Å². The summed E-state index contributed by atoms with van der Waals surface area (Å²) < 4.78 is 0. The summed E-state index contributed by atoms with van der Waals surface area (Å²) in [4.78, 5) is 0. The number of rotatable bonds is 3. The van der Waals surface area contributed by atoms with Gasteiger partial charge in [0.05, 0.1) is 0 Å². The van der Waals surface area contributed by atoms with Gasteiger partial charge in [0.2, 0.25) is 0 Å². The molecule has 0 aromatic heterocycles. The molecular weight excluding hydrogens is 148 g/mol. The van der Waals surface area contributed by atoms with Crippen LogP contribution in [0, 0.1) is 5.92 Å². The van der Waals surface area contributed by atoms with Crippen molar-refractivity contribution in [3.05, 3.63) is 0 Å². The molecule has 72 valence electrons. The van der Waals surface area contributed by atoms with Crippen LogP contribution in [0.25, 0.3) is 0 Å². The minimum absolute atomic E-state index is 0.387. The van der Waals surface area contributed by atoms with Gasteiger partial charge in [-0.05, 0) is 18.8 Å². The van der Waals surface area contributed by atoms with Gasteiger partial charge in [-0.3, -0.25) is 0 Å². The van der Waals surface area contributed by atoms with Gasteiger partial charge in [-0.2, -0.15) is 0 Å². The molecule has 12 heavy (non-hydrogen) atoms. The predicted octanol–water partition coefficient (Wildman–Crippen LogP) is 1.50. The van der Waals surface area contributed by atoms with Crippen LogP contribution in [0.2, 0.25) is 0 Å². The van der Waals surface area contributed by atoms with E-state index in [-0.39, 0.29) is 0 Å². The summed E-state index contributed by atoms with van der Waals surface area (Å²) in [7, 11) is 0. The molecule has 1 saturated heterocycles. The number of unbranched alkanes of at least 4 members (excludes halogenated alkanes) is 1. The number of nitrogens with two attached hydrogens (primary N) is 1. The minimum Gasteiger partial charge on any atom is -0.327 e. The van der Waals surface area contributed by atoms with Crippen molar-refractivity contribution < 1.29 is 0 Å². The SMILES string of the molecule is CCCCC1NCC(N)CC1C. The summed E-state index contributed by atoms with van der Waals surface area (Å²) in [5.74, 6) is 0.764. The van der Waals surface area contributed by atoms with Crippen LogP contribution in [0.4, 0.5) is 0 Å². The Morgan fingerprint density at radius 1 is 1.50 bits per heavy atom. The Morgan fingerprint density at radius 2 is 2.25 bits per heavy atom. The van der Waals surface area contributed by atoms with E-state index in [0.717, 1.165) is 18.5 Å². The Labute approximate surface area is 75.9 Å². The fraction of sp³-hybridized carbons (Fsp3) is 1.00. The summed E-state index contributed by atoms with van der Waals surface area (Å²) in [5, 5.41) is 3.53. The molecule has 0 aromatic rings. The summed E-state index contributed by atoms with van der Waals surface area (Å²) >= 11 is 0. The molecule has 1 aliphatic heterocycles. The molecule has 1 heterocycles. The molecule has 3 unspecified atom stereocenters. The molecule has 1 fully saturated rings. The number of hydrogen-bond donors (Lipinski definition) is 2. The molecule has 0 aromatic carbocycles. The van der Waals surface area contributed by atoms with E-state index >= 15 is 0 Å². The average molecular weight is 170 g/mol. The van der Waals surface area contributed by atoms with Gasteiger partial charge >= 0.3 is 0 Å². The van der Waals surface area contributed by atoms with E-state index in [4.69, 9.17) is 5.73 Å². The quantitative estimate of drug-likeness (QED) is 0.673. The molecule has 1 rings (SSSR count). The average Bonchev–Trinajstić information content (AvgIpc) is 2.03. The first-order chi connectivity index (χ1) is 5.74. The van der Waals surface area contributed by atoms with Crippen molar-refractivity contribution in [2.45, 2.75) is 51.6 Å². The van der Waals surface area contributed by atoms with E-state index in [0.29, 0.717) is 6.04 Å². The van der Waals surface area contributed by atoms with Crippen LogP contribution >= 0.6 is 0 Å². The highest BCUT2D eigenvalue weighted by molar-refractivity contribution is 4.84. The molecule has 0 saturated carbocycles. The Bertz CT molecular complexity index is 123. The van der Waals surface area contributed by atoms with Crippen LogP contribution in [-0.4, -0.2) is 18.6 Å². The third kappa shape index (κ3) is 2.76. The fourth-order valence-electron chi connectivity index (χ4n) is 2.04. The standard InChI is InChI=1S/C10H22N2/c1-3-4-5-10-8(2)6-9(11)7-12-10/h8-10,12H,3-7,11H2,1-2H3. The minimum atomic E-state index is 0.387. The van der Waals surface area contributed by atoms with Gasteiger partial charge in [-0.25, -0.2) is 0 Å². The lowest BCUT2D eigenvalue weighted by Gasteiger charge is -2.33. The fourth-order valence-corrected chi connectivity index (χ4v) is 2.04. The monoisotopic (exact) mass is 170 g/mol. The maximum atomic E-state index is 5.85. The normalized spacial score (nSPS) is 36.8. The van der Waals surface area contributed by atoms with Crippen molar-refractivity contribution in [1.82, 2.24) is 5.32 Å². The topological polar surface area (TPSA) is 38.0 Å². The summed E-state index contributed by atoms with van der Waals surface area (Å²) in [6, 6.07) is 1.11. The lowest BCUT2D eigenvalue weighted by molar-refractivity contribution is 0.259. The van der Waals surface area contributed by atoms with E-state index in [1.807, 2.05) is 0 Å². The van der Waals surface area contributed by atoms with Crippen molar-refractivity contribution in [1.29, 1.82) is 0 Å². The van der Waals surface area contributed by atoms with Crippen molar-refractivity contribution in [2.75, 3.05) is 6.54 Å². The highest BCUT2D eigenvalue weighted by Gasteiger charge is 2.23. The lowest BCUT2D eigenvalue weighted by Crippen LogP contribution is -2.49. The second-order valence-electron chi connectivity index (χ2n) is 4.13. The number of piperidine rings is 1. The molecule has 2 heteroatoms. The molecule has 3 atom stereocenters. The second-order valence-corrected chi connectivity index (χ2v) is 4.13. The zero-order valence-electron chi connectivity index (χ0n) is 8.34. The Morgan fingerprint density at radius 3 is 2.83 bits per heavy atom. The zero-order chi connectivity index (χ0) is 8.97. The molecule has 1 aliphatic rings. The Kier molecular flexibility index (Phi) is 4.02. The van der Waals surface area contributed by atoms with Gasteiger partial charge in [0.1, 0.15) is 0 Å². The van der Waals surface area contributed by atoms with Gasteiger partial charge in [0, 0.05) is 18.6 Å². The van der Waals surface area contributed by atoms with Gasteiger partial charge < -0.3 is 11.1 Å². The Balaban J connectivity index is 2.25. The molecule has 3 N–H and O–H groups in total. The summed E-state index contributed by atoms with van der Waals surface area (Å²) in [6.07, 6.45) is 5.17. The first-order valence-corrected chi connectivity index (χ1v) is 5.23. The van der Waals surface area contributed by atoms with Gasteiger partial charge in [-0.15, -0.1) is 0 Å². The first-order valence-electron chi connectivity index (χ1n) is 5.23. The maximum Gasteiger partial charge on any atom is 0.0168 e. The highest BCUT2D eigenvalue weighted by atomic mass is 15.0. The van der Waals surface area contributed by atoms with E-state index in [9.17, 15) is 0 Å². The smallest absolute Gasteiger partial charge is 0.0168 e. The molecule has 2 nitrogen and oxygen atoms in total. The van der Waals surface area contributed by atoms with Crippen LogP contribution in [0.1, 0.15) is 39.5 Å². The molecule has 0 aliphatic carbocycles. The van der Waals surface area contributed by atoms with E-state index < -0.39 is 0 Å². The van der Waals surface area contributed by atoms with Crippen LogP contribution in [0.5, 0.6) is 0 Å². The molecule has 0 radical (unpaired) electrons. The molecule has 0 spiro atoms. The van der Waals surface area contributed by atoms with E-state index in [1.54, 1.807) is 0 Å². The predicted molar refractivity (Wildman–Crippen MR) is 53.1 cm³/mol. The molecular formula is C10H22N2. The number of hydrogen-bond acceptors (Lipinski definition) is 2. The van der Waals surface area contributed by atoms with Crippen molar-refractivity contribution in [3.8, 4) is 0 Å². The van der Waals surface area contributed by atoms with Crippen LogP contribution in [0.3, 0.4) is 0 Å². The summed E-state index contributed by atoms with van der Waals surface area (Å²) in [6.45, 7) is 5.57. The third-order valence-corrected chi connectivity index (χ3v) is 2.87. The first kappa shape index (κ1) is 10.0. The maximum absolute atomic E-state index is 5.85. The highest BCUT2D eigenvalue weighted by Crippen LogP contribution is 2.19. The second kappa shape index (κ2) is 4.83. The van der Waals surface area contributed by atoms with E-state index in [1.165, 1.54) is 25.7 Å². The molecule has 0 bridgehead atoms. The molecule has 0 amide bonds. The van der Waals surface area contributed by atoms with Gasteiger partial charge in [0.25, 0.3) is 0 Å².